The summed E-state index contributed by atoms with van der Waals surface area (Å²) in [6, 6.07) is 18.8. The van der Waals surface area contributed by atoms with E-state index in [-0.39, 0.29) is 6.04 Å². The molecule has 6 heteroatoms. The Morgan fingerprint density at radius 1 is 1.00 bits per heavy atom. The minimum Gasteiger partial charge on any atom is -0.259 e. The highest BCUT2D eigenvalue weighted by Crippen LogP contribution is 2.39. The van der Waals surface area contributed by atoms with E-state index in [9.17, 15) is 0 Å². The van der Waals surface area contributed by atoms with Crippen molar-refractivity contribution in [2.24, 2.45) is 5.10 Å². The van der Waals surface area contributed by atoms with E-state index in [1.165, 1.54) is 10.4 Å². The average Bonchev–Trinajstić information content (AvgIpc) is 3.48. The van der Waals surface area contributed by atoms with E-state index < -0.39 is 0 Å². The van der Waals surface area contributed by atoms with Gasteiger partial charge in [-0.25, -0.2) is 9.99 Å². The van der Waals surface area contributed by atoms with Crippen LogP contribution in [-0.4, -0.2) is 15.7 Å². The highest BCUT2D eigenvalue weighted by molar-refractivity contribution is 7.14. The molecule has 0 radical (unpaired) electrons. The molecule has 1 atom stereocenters. The number of thiophene rings is 1. The molecule has 1 aliphatic heterocycles. The van der Waals surface area contributed by atoms with Crippen LogP contribution in [0.1, 0.15) is 28.6 Å². The van der Waals surface area contributed by atoms with Gasteiger partial charge in [0.15, 0.2) is 0 Å². The van der Waals surface area contributed by atoms with Gasteiger partial charge in [0.05, 0.1) is 22.0 Å². The van der Waals surface area contributed by atoms with E-state index in [1.807, 2.05) is 23.3 Å². The Morgan fingerprint density at radius 3 is 2.64 bits per heavy atom. The number of nitrogens with zero attached hydrogens (tertiary/aromatic N) is 4. The molecule has 3 aromatic heterocycles. The second-order valence-electron chi connectivity index (χ2n) is 6.72. The van der Waals surface area contributed by atoms with Gasteiger partial charge in [-0.05, 0) is 30.5 Å². The molecule has 0 fully saturated rings. The van der Waals surface area contributed by atoms with Crippen molar-refractivity contribution in [3.05, 3.63) is 87.7 Å². The lowest BCUT2D eigenvalue weighted by Gasteiger charge is -2.20. The Labute approximate surface area is 171 Å². The molecule has 0 amide bonds. The third kappa shape index (κ3) is 3.25. The predicted molar refractivity (Wildman–Crippen MR) is 117 cm³/mol. The predicted octanol–water partition coefficient (Wildman–Crippen LogP) is 5.93. The molecule has 0 spiro atoms. The Morgan fingerprint density at radius 2 is 1.89 bits per heavy atom. The first kappa shape index (κ1) is 17.3. The van der Waals surface area contributed by atoms with E-state index >= 15 is 0 Å². The lowest BCUT2D eigenvalue weighted by Crippen LogP contribution is -2.19. The van der Waals surface area contributed by atoms with E-state index in [1.54, 1.807) is 22.7 Å². The van der Waals surface area contributed by atoms with Crippen molar-refractivity contribution in [2.75, 3.05) is 5.01 Å². The van der Waals surface area contributed by atoms with E-state index in [0.717, 1.165) is 34.2 Å². The van der Waals surface area contributed by atoms with Crippen LogP contribution in [0, 0.1) is 6.92 Å². The van der Waals surface area contributed by atoms with Gasteiger partial charge in [-0.2, -0.15) is 5.10 Å². The maximum atomic E-state index is 4.95. The summed E-state index contributed by atoms with van der Waals surface area (Å²) in [5, 5.41) is 12.1. The summed E-state index contributed by atoms with van der Waals surface area (Å²) in [7, 11) is 0. The summed E-state index contributed by atoms with van der Waals surface area (Å²) < 4.78 is 0. The van der Waals surface area contributed by atoms with Gasteiger partial charge >= 0.3 is 0 Å². The average molecular weight is 403 g/mol. The van der Waals surface area contributed by atoms with Gasteiger partial charge in [0, 0.05) is 23.6 Å². The SMILES string of the molecule is Cc1ccc(-c2csc(N3N=C(c4cccs4)CC3c3ccccn3)n2)cc1. The zero-order valence-corrected chi connectivity index (χ0v) is 17.0. The summed E-state index contributed by atoms with van der Waals surface area (Å²) in [6.07, 6.45) is 2.67. The normalized spacial score (nSPS) is 16.4. The van der Waals surface area contributed by atoms with E-state index in [0.29, 0.717) is 0 Å². The number of hydrogen-bond acceptors (Lipinski definition) is 6. The van der Waals surface area contributed by atoms with Gasteiger partial charge in [0.2, 0.25) is 5.13 Å². The first-order chi connectivity index (χ1) is 13.8. The second kappa shape index (κ2) is 7.30. The van der Waals surface area contributed by atoms with Crippen LogP contribution in [0.15, 0.2) is 76.7 Å². The van der Waals surface area contributed by atoms with Crippen molar-refractivity contribution in [3.8, 4) is 11.3 Å². The molecule has 0 saturated carbocycles. The summed E-state index contributed by atoms with van der Waals surface area (Å²) in [5.41, 5.74) is 5.48. The first-order valence-electron chi connectivity index (χ1n) is 9.12. The number of hydrazone groups is 1. The number of thiazole rings is 1. The van der Waals surface area contributed by atoms with Gasteiger partial charge in [-0.15, -0.1) is 22.7 Å². The van der Waals surface area contributed by atoms with Crippen LogP contribution in [0.4, 0.5) is 5.13 Å². The largest absolute Gasteiger partial charge is 0.259 e. The molecule has 1 aliphatic rings. The molecule has 0 N–H and O–H groups in total. The van der Waals surface area contributed by atoms with Crippen LogP contribution < -0.4 is 5.01 Å². The highest BCUT2D eigenvalue weighted by Gasteiger charge is 2.32. The van der Waals surface area contributed by atoms with Gasteiger partial charge < -0.3 is 0 Å². The summed E-state index contributed by atoms with van der Waals surface area (Å²) in [5.74, 6) is 0. The van der Waals surface area contributed by atoms with Gasteiger partial charge in [-0.1, -0.05) is 42.0 Å². The van der Waals surface area contributed by atoms with Crippen molar-refractivity contribution >= 4 is 33.5 Å². The summed E-state index contributed by atoms with van der Waals surface area (Å²) >= 11 is 3.35. The molecule has 28 heavy (non-hydrogen) atoms. The van der Waals surface area contributed by atoms with Crippen LogP contribution in [-0.2, 0) is 0 Å². The summed E-state index contributed by atoms with van der Waals surface area (Å²) in [4.78, 5) is 10.7. The lowest BCUT2D eigenvalue weighted by molar-refractivity contribution is 0.684. The Balaban J connectivity index is 1.52. The molecule has 0 bridgehead atoms. The van der Waals surface area contributed by atoms with Crippen molar-refractivity contribution in [3.63, 3.8) is 0 Å². The number of rotatable bonds is 4. The molecule has 0 saturated heterocycles. The molecule has 4 aromatic rings. The van der Waals surface area contributed by atoms with Crippen molar-refractivity contribution in [1.82, 2.24) is 9.97 Å². The monoisotopic (exact) mass is 402 g/mol. The molecule has 4 heterocycles. The zero-order valence-electron chi connectivity index (χ0n) is 15.3. The number of hydrogen-bond donors (Lipinski definition) is 0. The topological polar surface area (TPSA) is 41.4 Å². The standard InChI is InChI=1S/C22H18N4S2/c1-15-7-9-16(10-8-15)19-14-28-22(24-19)26-20(17-5-2-3-11-23-17)13-18(25-26)21-6-4-12-27-21/h2-12,14,20H,13H2,1H3. The number of aryl methyl sites for hydroxylation is 1. The Bertz CT molecular complexity index is 1100. The molecule has 5 rings (SSSR count). The molecule has 4 nitrogen and oxygen atoms in total. The number of pyridine rings is 1. The molecule has 1 aromatic carbocycles. The molecule has 1 unspecified atom stereocenters. The number of benzene rings is 1. The van der Waals surface area contributed by atoms with Crippen LogP contribution in [0.2, 0.25) is 0 Å². The molecule has 138 valence electrons. The van der Waals surface area contributed by atoms with E-state index in [4.69, 9.17) is 10.1 Å². The fourth-order valence-electron chi connectivity index (χ4n) is 3.31. The lowest BCUT2D eigenvalue weighted by atomic mass is 10.1. The highest BCUT2D eigenvalue weighted by atomic mass is 32.1. The van der Waals surface area contributed by atoms with Gasteiger partial charge in [0.25, 0.3) is 0 Å². The number of anilines is 1. The number of aromatic nitrogens is 2. The van der Waals surface area contributed by atoms with Crippen LogP contribution in [0.3, 0.4) is 0 Å². The minimum absolute atomic E-state index is 0.0651. The van der Waals surface area contributed by atoms with Crippen LogP contribution in [0.25, 0.3) is 11.3 Å². The van der Waals surface area contributed by atoms with E-state index in [2.05, 4.69) is 65.1 Å². The third-order valence-electron chi connectivity index (χ3n) is 4.78. The smallest absolute Gasteiger partial charge is 0.207 e. The maximum Gasteiger partial charge on any atom is 0.207 e. The second-order valence-corrected chi connectivity index (χ2v) is 8.51. The van der Waals surface area contributed by atoms with Gasteiger partial charge in [-0.3, -0.25) is 4.98 Å². The molecular weight excluding hydrogens is 384 g/mol. The van der Waals surface area contributed by atoms with Crippen molar-refractivity contribution < 1.29 is 0 Å². The quantitative estimate of drug-likeness (QED) is 0.425. The molecule has 0 aliphatic carbocycles. The Kier molecular flexibility index (Phi) is 4.50. The van der Waals surface area contributed by atoms with Gasteiger partial charge in [0.1, 0.15) is 6.04 Å². The fourth-order valence-corrected chi connectivity index (χ4v) is 4.86. The third-order valence-corrected chi connectivity index (χ3v) is 6.53. The van der Waals surface area contributed by atoms with Crippen molar-refractivity contribution in [1.29, 1.82) is 0 Å². The summed E-state index contributed by atoms with van der Waals surface area (Å²) in [6.45, 7) is 2.10. The fraction of sp³-hybridized carbons (Fsp3) is 0.136. The Hall–Kier alpha value is -2.83. The minimum atomic E-state index is 0.0651. The maximum absolute atomic E-state index is 4.95. The van der Waals surface area contributed by atoms with Crippen molar-refractivity contribution in [2.45, 2.75) is 19.4 Å². The van der Waals surface area contributed by atoms with Crippen LogP contribution >= 0.6 is 22.7 Å². The first-order valence-corrected chi connectivity index (χ1v) is 10.9. The zero-order chi connectivity index (χ0) is 18.9. The molecular formula is C22H18N4S2. The van der Waals surface area contributed by atoms with Crippen LogP contribution in [0.5, 0.6) is 0 Å².